The van der Waals surface area contributed by atoms with Crippen LogP contribution in [0.3, 0.4) is 0 Å². The summed E-state index contributed by atoms with van der Waals surface area (Å²) in [4.78, 5) is 10.9. The summed E-state index contributed by atoms with van der Waals surface area (Å²) >= 11 is 4.75. The van der Waals surface area contributed by atoms with Crippen LogP contribution in [0.25, 0.3) is 10.1 Å². The molecule has 5 heteroatoms. The third-order valence-electron chi connectivity index (χ3n) is 1.91. The molecule has 0 bridgehead atoms. The number of nitrogens with two attached hydrogens (primary N) is 1. The molecule has 0 unspecified atom stereocenters. The van der Waals surface area contributed by atoms with Gasteiger partial charge in [0, 0.05) is 11.1 Å². The fraction of sp³-hybridized carbons (Fsp3) is 0. The van der Waals surface area contributed by atoms with Crippen LogP contribution in [-0.2, 0) is 0 Å². The Kier molecular flexibility index (Phi) is 2.20. The molecule has 0 spiro atoms. The van der Waals surface area contributed by atoms with Crippen molar-refractivity contribution in [3.05, 3.63) is 27.5 Å². The van der Waals surface area contributed by atoms with Crippen LogP contribution in [0.1, 0.15) is 10.4 Å². The van der Waals surface area contributed by atoms with Gasteiger partial charge >= 0.3 is 5.97 Å². The molecular formula is C9H6BrNO2S. The quantitative estimate of drug-likeness (QED) is 0.784. The minimum Gasteiger partial charge on any atom is -0.478 e. The Bertz CT molecular complexity index is 521. The van der Waals surface area contributed by atoms with E-state index in [0.29, 0.717) is 11.1 Å². The lowest BCUT2D eigenvalue weighted by Gasteiger charge is -1.99. The number of rotatable bonds is 1. The van der Waals surface area contributed by atoms with Crippen LogP contribution in [-0.4, -0.2) is 11.1 Å². The molecule has 2 aromatic rings. The summed E-state index contributed by atoms with van der Waals surface area (Å²) in [7, 11) is 0. The van der Waals surface area contributed by atoms with Gasteiger partial charge in [0.1, 0.15) is 0 Å². The number of nitrogen functional groups attached to an aromatic ring is 1. The molecular weight excluding hydrogens is 266 g/mol. The Morgan fingerprint density at radius 2 is 2.21 bits per heavy atom. The number of aromatic carboxylic acids is 1. The molecule has 1 heterocycles. The molecule has 14 heavy (non-hydrogen) atoms. The van der Waals surface area contributed by atoms with E-state index in [1.807, 2.05) is 0 Å². The zero-order valence-corrected chi connectivity index (χ0v) is 9.35. The lowest BCUT2D eigenvalue weighted by molar-refractivity contribution is 0.0699. The van der Waals surface area contributed by atoms with Gasteiger partial charge in [0.15, 0.2) is 0 Å². The van der Waals surface area contributed by atoms with E-state index in [9.17, 15) is 4.79 Å². The highest BCUT2D eigenvalue weighted by Gasteiger charge is 2.12. The van der Waals surface area contributed by atoms with Crippen molar-refractivity contribution in [2.45, 2.75) is 0 Å². The molecule has 0 aliphatic rings. The van der Waals surface area contributed by atoms with E-state index in [2.05, 4.69) is 15.9 Å². The molecule has 3 nitrogen and oxygen atoms in total. The molecule has 1 aromatic carbocycles. The Balaban J connectivity index is 2.87. The summed E-state index contributed by atoms with van der Waals surface area (Å²) in [5, 5.41) is 9.62. The number of carbonyl (C=O) groups is 1. The average Bonchev–Trinajstić information content (AvgIpc) is 2.47. The van der Waals surface area contributed by atoms with Crippen LogP contribution < -0.4 is 5.73 Å². The molecule has 0 saturated heterocycles. The van der Waals surface area contributed by atoms with Gasteiger partial charge in [0.2, 0.25) is 0 Å². The maximum atomic E-state index is 10.9. The number of hydrogen-bond acceptors (Lipinski definition) is 3. The molecule has 2 rings (SSSR count). The van der Waals surface area contributed by atoms with Crippen molar-refractivity contribution in [3.8, 4) is 0 Å². The molecule has 0 aliphatic carbocycles. The van der Waals surface area contributed by atoms with Gasteiger partial charge in [0.05, 0.1) is 14.0 Å². The molecule has 1 aromatic heterocycles. The maximum Gasteiger partial charge on any atom is 0.336 e. The molecule has 72 valence electrons. The molecule has 0 fully saturated rings. The highest BCUT2D eigenvalue weighted by atomic mass is 79.9. The van der Waals surface area contributed by atoms with Crippen molar-refractivity contribution in [2.24, 2.45) is 0 Å². The van der Waals surface area contributed by atoms with E-state index in [0.717, 1.165) is 8.49 Å². The predicted molar refractivity (Wildman–Crippen MR) is 60.9 cm³/mol. The first kappa shape index (κ1) is 9.48. The van der Waals surface area contributed by atoms with Crippen molar-refractivity contribution >= 4 is 49.0 Å². The number of halogens is 1. The number of thiophene rings is 1. The standard InChI is InChI=1S/C9H6BrNO2S/c10-7-3-5-4(9(12)13)1-2-6(11)8(5)14-7/h1-3H,11H2,(H,12,13). The topological polar surface area (TPSA) is 63.3 Å². The minimum absolute atomic E-state index is 0.288. The van der Waals surface area contributed by atoms with Gasteiger partial charge in [-0.3, -0.25) is 0 Å². The second-order valence-electron chi connectivity index (χ2n) is 2.80. The van der Waals surface area contributed by atoms with Gasteiger partial charge in [-0.05, 0) is 34.1 Å². The predicted octanol–water partition coefficient (Wildman–Crippen LogP) is 2.94. The fourth-order valence-corrected chi connectivity index (χ4v) is 2.85. The van der Waals surface area contributed by atoms with Gasteiger partial charge in [-0.2, -0.15) is 0 Å². The third kappa shape index (κ3) is 1.38. The van der Waals surface area contributed by atoms with Gasteiger partial charge in [-0.1, -0.05) is 0 Å². The monoisotopic (exact) mass is 271 g/mol. The van der Waals surface area contributed by atoms with E-state index in [1.165, 1.54) is 17.4 Å². The highest BCUT2D eigenvalue weighted by molar-refractivity contribution is 9.11. The van der Waals surface area contributed by atoms with E-state index >= 15 is 0 Å². The second-order valence-corrected chi connectivity index (χ2v) is 5.23. The molecule has 0 atom stereocenters. The lowest BCUT2D eigenvalue weighted by atomic mass is 10.1. The summed E-state index contributed by atoms with van der Waals surface area (Å²) in [6.07, 6.45) is 0. The van der Waals surface area contributed by atoms with Crippen molar-refractivity contribution in [1.82, 2.24) is 0 Å². The number of hydrogen-bond donors (Lipinski definition) is 2. The summed E-state index contributed by atoms with van der Waals surface area (Å²) in [5.41, 5.74) is 6.64. The van der Waals surface area contributed by atoms with E-state index in [-0.39, 0.29) is 5.56 Å². The van der Waals surface area contributed by atoms with E-state index < -0.39 is 5.97 Å². The molecule has 0 aliphatic heterocycles. The Hall–Kier alpha value is -1.07. The van der Waals surface area contributed by atoms with Crippen LogP contribution in [0.2, 0.25) is 0 Å². The lowest BCUT2D eigenvalue weighted by Crippen LogP contribution is -1.97. The van der Waals surface area contributed by atoms with Gasteiger partial charge in [0.25, 0.3) is 0 Å². The van der Waals surface area contributed by atoms with E-state index in [4.69, 9.17) is 10.8 Å². The van der Waals surface area contributed by atoms with Crippen LogP contribution in [0.15, 0.2) is 22.0 Å². The van der Waals surface area contributed by atoms with Crippen LogP contribution in [0.5, 0.6) is 0 Å². The molecule has 0 saturated carbocycles. The number of carboxylic acids is 1. The van der Waals surface area contributed by atoms with Crippen LogP contribution in [0.4, 0.5) is 5.69 Å². The molecule has 0 amide bonds. The highest BCUT2D eigenvalue weighted by Crippen LogP contribution is 2.35. The second kappa shape index (κ2) is 3.25. The van der Waals surface area contributed by atoms with Crippen molar-refractivity contribution in [3.63, 3.8) is 0 Å². The number of benzene rings is 1. The van der Waals surface area contributed by atoms with Crippen LogP contribution in [0, 0.1) is 0 Å². The van der Waals surface area contributed by atoms with Gasteiger partial charge < -0.3 is 10.8 Å². The number of fused-ring (bicyclic) bond motifs is 1. The molecule has 0 radical (unpaired) electrons. The molecule has 3 N–H and O–H groups in total. The van der Waals surface area contributed by atoms with Crippen molar-refractivity contribution in [1.29, 1.82) is 0 Å². The SMILES string of the molecule is Nc1ccc(C(=O)O)c2cc(Br)sc12. The summed E-state index contributed by atoms with van der Waals surface area (Å²) < 4.78 is 1.70. The summed E-state index contributed by atoms with van der Waals surface area (Å²) in [5.74, 6) is -0.930. The maximum absolute atomic E-state index is 10.9. The minimum atomic E-state index is -0.930. The zero-order valence-electron chi connectivity index (χ0n) is 6.95. The first-order valence-electron chi connectivity index (χ1n) is 3.80. The van der Waals surface area contributed by atoms with E-state index in [1.54, 1.807) is 12.1 Å². The largest absolute Gasteiger partial charge is 0.478 e. The Morgan fingerprint density at radius 1 is 1.50 bits per heavy atom. The van der Waals surface area contributed by atoms with Crippen molar-refractivity contribution < 1.29 is 9.90 Å². The average molecular weight is 272 g/mol. The number of carboxylic acid groups (broad SMARTS) is 1. The van der Waals surface area contributed by atoms with Crippen molar-refractivity contribution in [2.75, 3.05) is 5.73 Å². The third-order valence-corrected chi connectivity index (χ3v) is 3.60. The zero-order chi connectivity index (χ0) is 10.3. The Morgan fingerprint density at radius 3 is 2.86 bits per heavy atom. The smallest absolute Gasteiger partial charge is 0.336 e. The summed E-state index contributed by atoms with van der Waals surface area (Å²) in [6, 6.07) is 4.92. The van der Waals surface area contributed by atoms with Gasteiger partial charge in [-0.25, -0.2) is 4.79 Å². The summed E-state index contributed by atoms with van der Waals surface area (Å²) in [6.45, 7) is 0. The first-order chi connectivity index (χ1) is 6.59. The number of anilines is 1. The normalized spacial score (nSPS) is 10.6. The Labute approximate surface area is 92.3 Å². The van der Waals surface area contributed by atoms with Gasteiger partial charge in [-0.15, -0.1) is 11.3 Å². The van der Waals surface area contributed by atoms with Crippen LogP contribution >= 0.6 is 27.3 Å². The first-order valence-corrected chi connectivity index (χ1v) is 5.41. The fourth-order valence-electron chi connectivity index (χ4n) is 1.30.